The highest BCUT2D eigenvalue weighted by Gasteiger charge is 2.17. The van der Waals surface area contributed by atoms with Crippen molar-refractivity contribution in [3.63, 3.8) is 0 Å². The number of para-hydroxylation sites is 2. The molecule has 0 bridgehead atoms. The molecule has 0 aromatic heterocycles. The van der Waals surface area contributed by atoms with Gasteiger partial charge in [-0.1, -0.05) is 12.1 Å². The molecule has 1 N–H and O–H groups in total. The molecular weight excluding hydrogens is 373 g/mol. The molecule has 0 saturated carbocycles. The van der Waals surface area contributed by atoms with Crippen LogP contribution in [0.5, 0.6) is 11.5 Å². The Morgan fingerprint density at radius 3 is 2.10 bits per heavy atom. The lowest BCUT2D eigenvalue weighted by atomic mass is 10.0. The van der Waals surface area contributed by atoms with Gasteiger partial charge in [0, 0.05) is 11.1 Å². The van der Waals surface area contributed by atoms with E-state index < -0.39 is 11.9 Å². The minimum Gasteiger partial charge on any atom is -0.495 e. The van der Waals surface area contributed by atoms with E-state index in [4.69, 9.17) is 9.47 Å². The normalized spacial score (nSPS) is 11.4. The van der Waals surface area contributed by atoms with Crippen LogP contribution >= 0.6 is 0 Å². The summed E-state index contributed by atoms with van der Waals surface area (Å²) in [6.07, 6.45) is -0.765. The lowest BCUT2D eigenvalue weighted by molar-refractivity contribution is -0.122. The molecule has 0 aliphatic heterocycles. The van der Waals surface area contributed by atoms with Gasteiger partial charge in [0.25, 0.3) is 5.91 Å². The van der Waals surface area contributed by atoms with Crippen LogP contribution in [0, 0.1) is 5.82 Å². The molecule has 0 spiro atoms. The van der Waals surface area contributed by atoms with E-state index in [2.05, 4.69) is 5.32 Å². The second-order valence-electron chi connectivity index (χ2n) is 6.31. The van der Waals surface area contributed by atoms with Gasteiger partial charge in [-0.15, -0.1) is 0 Å². The average molecular weight is 393 g/mol. The number of rotatable bonds is 7. The van der Waals surface area contributed by atoms with Gasteiger partial charge in [0.2, 0.25) is 0 Å². The van der Waals surface area contributed by atoms with Crippen molar-refractivity contribution < 1.29 is 23.5 Å². The average Bonchev–Trinajstić information content (AvgIpc) is 2.74. The van der Waals surface area contributed by atoms with E-state index in [1.807, 2.05) is 6.07 Å². The molecule has 29 heavy (non-hydrogen) atoms. The first-order valence-electron chi connectivity index (χ1n) is 8.99. The molecule has 0 unspecified atom stereocenters. The van der Waals surface area contributed by atoms with Crippen molar-refractivity contribution in [3.05, 3.63) is 89.7 Å². The van der Waals surface area contributed by atoms with Crippen molar-refractivity contribution in [2.45, 2.75) is 13.0 Å². The molecule has 3 aromatic carbocycles. The molecule has 148 valence electrons. The molecule has 0 aliphatic carbocycles. The smallest absolute Gasteiger partial charge is 0.265 e. The second kappa shape index (κ2) is 9.01. The number of anilines is 1. The summed E-state index contributed by atoms with van der Waals surface area (Å²) in [5.74, 6) is 0.0465. The molecule has 6 heteroatoms. The first kappa shape index (κ1) is 20.1. The largest absolute Gasteiger partial charge is 0.495 e. The van der Waals surface area contributed by atoms with Crippen molar-refractivity contribution >= 4 is 17.4 Å². The fourth-order valence-corrected chi connectivity index (χ4v) is 2.69. The lowest BCUT2D eigenvalue weighted by Gasteiger charge is -2.16. The maximum atomic E-state index is 13.0. The third-order valence-electron chi connectivity index (χ3n) is 4.27. The number of hydrogen-bond donors (Lipinski definition) is 1. The molecule has 0 saturated heterocycles. The fourth-order valence-electron chi connectivity index (χ4n) is 2.69. The number of benzene rings is 3. The summed E-state index contributed by atoms with van der Waals surface area (Å²) < 4.78 is 23.9. The number of nitrogens with one attached hydrogen (secondary N) is 1. The fraction of sp³-hybridized carbons (Fsp3) is 0.130. The summed E-state index contributed by atoms with van der Waals surface area (Å²) in [7, 11) is 1.53. The van der Waals surface area contributed by atoms with Crippen LogP contribution in [0.2, 0.25) is 0 Å². The van der Waals surface area contributed by atoms with E-state index >= 15 is 0 Å². The number of ketones is 1. The van der Waals surface area contributed by atoms with E-state index in [1.165, 1.54) is 31.4 Å². The summed E-state index contributed by atoms with van der Waals surface area (Å²) in [5.41, 5.74) is 1.38. The number of ether oxygens (including phenoxy) is 2. The van der Waals surface area contributed by atoms with Gasteiger partial charge in [0.05, 0.1) is 12.8 Å². The van der Waals surface area contributed by atoms with Gasteiger partial charge < -0.3 is 14.8 Å². The van der Waals surface area contributed by atoms with Crippen LogP contribution in [-0.2, 0) is 4.79 Å². The molecule has 0 radical (unpaired) electrons. The van der Waals surface area contributed by atoms with Crippen LogP contribution in [-0.4, -0.2) is 24.9 Å². The quantitative estimate of drug-likeness (QED) is 0.602. The third-order valence-corrected chi connectivity index (χ3v) is 4.27. The number of amides is 1. The maximum absolute atomic E-state index is 13.0. The molecule has 1 atom stereocenters. The maximum Gasteiger partial charge on any atom is 0.265 e. The summed E-state index contributed by atoms with van der Waals surface area (Å²) in [6, 6.07) is 18.9. The van der Waals surface area contributed by atoms with Crippen LogP contribution in [0.1, 0.15) is 22.8 Å². The Kier molecular flexibility index (Phi) is 6.24. The molecule has 0 fully saturated rings. The number of carbonyl (C=O) groups is 2. The summed E-state index contributed by atoms with van der Waals surface area (Å²) in [4.78, 5) is 24.8. The Morgan fingerprint density at radius 1 is 0.897 bits per heavy atom. The van der Waals surface area contributed by atoms with Gasteiger partial charge in [-0.25, -0.2) is 4.39 Å². The Hall–Kier alpha value is -3.67. The van der Waals surface area contributed by atoms with E-state index in [9.17, 15) is 14.0 Å². The van der Waals surface area contributed by atoms with Gasteiger partial charge in [-0.05, 0) is 67.6 Å². The van der Waals surface area contributed by atoms with Crippen molar-refractivity contribution in [1.82, 2.24) is 0 Å². The number of carbonyl (C=O) groups excluding carboxylic acids is 2. The molecule has 0 heterocycles. The molecular formula is C23H20FNO4. The number of methoxy groups -OCH3 is 1. The van der Waals surface area contributed by atoms with Crippen molar-refractivity contribution in [1.29, 1.82) is 0 Å². The molecule has 1 amide bonds. The first-order valence-corrected chi connectivity index (χ1v) is 8.99. The molecule has 0 aliphatic rings. The highest BCUT2D eigenvalue weighted by Crippen LogP contribution is 2.24. The standard InChI is InChI=1S/C23H20FNO4/c1-15(23(27)25-20-5-3-4-6-21(20)28-2)29-19-13-9-17(10-14-19)22(26)16-7-11-18(24)12-8-16/h3-15H,1-2H3,(H,25,27)/t15-/m1/s1. The van der Waals surface area contributed by atoms with Crippen LogP contribution in [0.4, 0.5) is 10.1 Å². The minimum absolute atomic E-state index is 0.224. The van der Waals surface area contributed by atoms with Gasteiger partial charge in [0.15, 0.2) is 11.9 Å². The predicted molar refractivity (Wildman–Crippen MR) is 108 cm³/mol. The highest BCUT2D eigenvalue weighted by atomic mass is 19.1. The monoisotopic (exact) mass is 393 g/mol. The van der Waals surface area contributed by atoms with Crippen LogP contribution in [0.15, 0.2) is 72.8 Å². The highest BCUT2D eigenvalue weighted by molar-refractivity contribution is 6.09. The zero-order valence-electron chi connectivity index (χ0n) is 16.0. The summed E-state index contributed by atoms with van der Waals surface area (Å²) >= 11 is 0. The molecule has 5 nitrogen and oxygen atoms in total. The van der Waals surface area contributed by atoms with Gasteiger partial charge in [-0.2, -0.15) is 0 Å². The van der Waals surface area contributed by atoms with Gasteiger partial charge in [-0.3, -0.25) is 9.59 Å². The molecule has 3 aromatic rings. The van der Waals surface area contributed by atoms with E-state index in [-0.39, 0.29) is 11.7 Å². The number of hydrogen-bond acceptors (Lipinski definition) is 4. The van der Waals surface area contributed by atoms with Crippen molar-refractivity contribution in [2.24, 2.45) is 0 Å². The Bertz CT molecular complexity index is 1000. The topological polar surface area (TPSA) is 64.6 Å². The van der Waals surface area contributed by atoms with E-state index in [0.29, 0.717) is 28.3 Å². The van der Waals surface area contributed by atoms with Gasteiger partial charge in [0.1, 0.15) is 17.3 Å². The number of halogens is 1. The van der Waals surface area contributed by atoms with Crippen LogP contribution in [0.3, 0.4) is 0 Å². The summed E-state index contributed by atoms with van der Waals surface area (Å²) in [6.45, 7) is 1.63. The molecule has 3 rings (SSSR count). The third kappa shape index (κ3) is 4.99. The Labute approximate surface area is 168 Å². The van der Waals surface area contributed by atoms with Crippen LogP contribution < -0.4 is 14.8 Å². The van der Waals surface area contributed by atoms with Crippen molar-refractivity contribution in [2.75, 3.05) is 12.4 Å². The minimum atomic E-state index is -0.765. The lowest BCUT2D eigenvalue weighted by Crippen LogP contribution is -2.30. The Morgan fingerprint density at radius 2 is 1.48 bits per heavy atom. The zero-order valence-corrected chi connectivity index (χ0v) is 16.0. The van der Waals surface area contributed by atoms with E-state index in [0.717, 1.165) is 0 Å². The summed E-state index contributed by atoms with van der Waals surface area (Å²) in [5, 5.41) is 2.76. The van der Waals surface area contributed by atoms with Crippen molar-refractivity contribution in [3.8, 4) is 11.5 Å². The van der Waals surface area contributed by atoms with Crippen LogP contribution in [0.25, 0.3) is 0 Å². The second-order valence-corrected chi connectivity index (χ2v) is 6.31. The zero-order chi connectivity index (χ0) is 20.8. The first-order chi connectivity index (χ1) is 14.0. The predicted octanol–water partition coefficient (Wildman–Crippen LogP) is 4.47. The Balaban J connectivity index is 1.63. The van der Waals surface area contributed by atoms with E-state index in [1.54, 1.807) is 49.4 Å². The van der Waals surface area contributed by atoms with Gasteiger partial charge >= 0.3 is 0 Å². The SMILES string of the molecule is COc1ccccc1NC(=O)[C@@H](C)Oc1ccc(C(=O)c2ccc(F)cc2)cc1.